The topological polar surface area (TPSA) is 81.3 Å². The Morgan fingerprint density at radius 2 is 2.07 bits per heavy atom. The van der Waals surface area contributed by atoms with E-state index in [1.807, 2.05) is 4.90 Å². The molecule has 0 aliphatic carbocycles. The summed E-state index contributed by atoms with van der Waals surface area (Å²) in [6.07, 6.45) is 2.65. The number of benzene rings is 1. The van der Waals surface area contributed by atoms with Crippen LogP contribution in [0.3, 0.4) is 0 Å². The maximum absolute atomic E-state index is 12.9. The molecular weight excluding hydrogens is 342 g/mol. The van der Waals surface area contributed by atoms with E-state index >= 15 is 0 Å². The Morgan fingerprint density at radius 3 is 2.89 bits per heavy atom. The molecule has 7 nitrogen and oxygen atoms in total. The molecule has 2 aliphatic heterocycles. The molecule has 1 atom stereocenters. The van der Waals surface area contributed by atoms with Gasteiger partial charge >= 0.3 is 0 Å². The summed E-state index contributed by atoms with van der Waals surface area (Å²) >= 11 is 0. The number of H-pyrrole nitrogens is 1. The van der Waals surface area contributed by atoms with E-state index in [1.54, 1.807) is 6.33 Å². The fourth-order valence-corrected chi connectivity index (χ4v) is 3.82. The smallest absolute Gasteiger partial charge is 0.237 e. The minimum Gasteiger partial charge on any atom is -0.353 e. The second-order valence-corrected chi connectivity index (χ2v) is 7.36. The van der Waals surface area contributed by atoms with E-state index in [1.165, 1.54) is 5.56 Å². The van der Waals surface area contributed by atoms with Crippen molar-refractivity contribution in [1.82, 2.24) is 25.1 Å². The lowest BCUT2D eigenvalue weighted by atomic mass is 10.0. The molecule has 1 saturated heterocycles. The molecule has 2 aliphatic rings. The molecule has 142 valence electrons. The number of nitrogens with one attached hydrogen (secondary N) is 2. The summed E-state index contributed by atoms with van der Waals surface area (Å²) in [5.74, 6) is -0.0350. The number of imidazole rings is 1. The van der Waals surface area contributed by atoms with E-state index in [4.69, 9.17) is 0 Å². The zero-order chi connectivity index (χ0) is 18.8. The van der Waals surface area contributed by atoms with Crippen molar-refractivity contribution in [2.45, 2.75) is 38.9 Å². The van der Waals surface area contributed by atoms with Gasteiger partial charge in [-0.05, 0) is 12.5 Å². The lowest BCUT2D eigenvalue weighted by Gasteiger charge is -2.36. The van der Waals surface area contributed by atoms with Gasteiger partial charge in [0.05, 0.1) is 36.7 Å². The highest BCUT2D eigenvalue weighted by atomic mass is 16.2. The predicted molar refractivity (Wildman–Crippen MR) is 101 cm³/mol. The largest absolute Gasteiger partial charge is 0.353 e. The summed E-state index contributed by atoms with van der Waals surface area (Å²) in [7, 11) is 0. The molecule has 2 aromatic rings. The molecule has 7 heteroatoms. The third-order valence-corrected chi connectivity index (χ3v) is 5.44. The van der Waals surface area contributed by atoms with Crippen molar-refractivity contribution in [2.75, 3.05) is 19.6 Å². The Hall–Kier alpha value is -2.67. The summed E-state index contributed by atoms with van der Waals surface area (Å²) in [4.78, 5) is 36.7. The molecule has 1 unspecified atom stereocenters. The van der Waals surface area contributed by atoms with Crippen LogP contribution in [0.15, 0.2) is 30.6 Å². The fraction of sp³-hybridized carbons (Fsp3) is 0.450. The molecule has 27 heavy (non-hydrogen) atoms. The summed E-state index contributed by atoms with van der Waals surface area (Å²) in [6, 6.07) is 7.91. The molecule has 1 aromatic carbocycles. The van der Waals surface area contributed by atoms with Crippen molar-refractivity contribution in [3.63, 3.8) is 0 Å². The molecule has 1 aromatic heterocycles. The third kappa shape index (κ3) is 3.88. The highest BCUT2D eigenvalue weighted by Crippen LogP contribution is 2.19. The van der Waals surface area contributed by atoms with Crippen LogP contribution in [0.4, 0.5) is 0 Å². The standard InChI is InChI=1S/C20H25N5O2/c1-14-2-4-15(5-3-14)11-24-9-7-21-20(27)18(24)10-19(26)25-8-6-16-17(12-25)23-13-22-16/h2-5,13,18H,6-12H2,1H3,(H,21,27)(H,22,23). The number of piperazine rings is 1. The number of aromatic nitrogens is 2. The Labute approximate surface area is 158 Å². The van der Waals surface area contributed by atoms with Gasteiger partial charge in [-0.1, -0.05) is 29.8 Å². The monoisotopic (exact) mass is 367 g/mol. The highest BCUT2D eigenvalue weighted by Gasteiger charge is 2.33. The maximum Gasteiger partial charge on any atom is 0.237 e. The van der Waals surface area contributed by atoms with Gasteiger partial charge in [0.2, 0.25) is 11.8 Å². The predicted octanol–water partition coefficient (Wildman–Crippen LogP) is 0.994. The Balaban J connectivity index is 1.43. The summed E-state index contributed by atoms with van der Waals surface area (Å²) in [5, 5.41) is 2.91. The van der Waals surface area contributed by atoms with Gasteiger partial charge < -0.3 is 15.2 Å². The molecule has 0 bridgehead atoms. The number of hydrogen-bond donors (Lipinski definition) is 2. The van der Waals surface area contributed by atoms with Crippen LogP contribution >= 0.6 is 0 Å². The summed E-state index contributed by atoms with van der Waals surface area (Å²) in [6.45, 7) is 5.31. The first-order valence-electron chi connectivity index (χ1n) is 9.46. The van der Waals surface area contributed by atoms with Crippen LogP contribution in [0.5, 0.6) is 0 Å². The van der Waals surface area contributed by atoms with E-state index in [2.05, 4.69) is 51.4 Å². The number of carbonyl (C=O) groups is 2. The second kappa shape index (κ2) is 7.52. The van der Waals surface area contributed by atoms with E-state index in [0.29, 0.717) is 26.2 Å². The number of rotatable bonds is 4. The number of nitrogens with zero attached hydrogens (tertiary/aromatic N) is 3. The van der Waals surface area contributed by atoms with Gasteiger partial charge in [0.25, 0.3) is 0 Å². The van der Waals surface area contributed by atoms with Gasteiger partial charge in [-0.2, -0.15) is 0 Å². The molecule has 0 saturated carbocycles. The Bertz CT molecular complexity index is 829. The number of aryl methyl sites for hydroxylation is 1. The molecular formula is C20H25N5O2. The molecule has 1 fully saturated rings. The lowest BCUT2D eigenvalue weighted by molar-refractivity contribution is -0.139. The van der Waals surface area contributed by atoms with Gasteiger partial charge in [0.15, 0.2) is 0 Å². The van der Waals surface area contributed by atoms with E-state index < -0.39 is 6.04 Å². The van der Waals surface area contributed by atoms with Crippen LogP contribution in [0.25, 0.3) is 0 Å². The lowest BCUT2D eigenvalue weighted by Crippen LogP contribution is -2.56. The van der Waals surface area contributed by atoms with Crippen molar-refractivity contribution in [3.05, 3.63) is 53.1 Å². The summed E-state index contributed by atoms with van der Waals surface area (Å²) < 4.78 is 0. The molecule has 3 heterocycles. The maximum atomic E-state index is 12.9. The van der Waals surface area contributed by atoms with E-state index in [0.717, 1.165) is 29.9 Å². The molecule has 4 rings (SSSR count). The first-order valence-corrected chi connectivity index (χ1v) is 9.46. The minimum atomic E-state index is -0.421. The fourth-order valence-electron chi connectivity index (χ4n) is 3.82. The quantitative estimate of drug-likeness (QED) is 0.845. The molecule has 0 radical (unpaired) electrons. The number of carbonyl (C=O) groups excluding carboxylic acids is 2. The van der Waals surface area contributed by atoms with Crippen molar-refractivity contribution < 1.29 is 9.59 Å². The van der Waals surface area contributed by atoms with Crippen LogP contribution < -0.4 is 5.32 Å². The van der Waals surface area contributed by atoms with Crippen molar-refractivity contribution in [1.29, 1.82) is 0 Å². The van der Waals surface area contributed by atoms with Gasteiger partial charge in [-0.3, -0.25) is 14.5 Å². The highest BCUT2D eigenvalue weighted by molar-refractivity contribution is 5.89. The van der Waals surface area contributed by atoms with Gasteiger partial charge in [0, 0.05) is 32.6 Å². The number of hydrogen-bond acceptors (Lipinski definition) is 4. The van der Waals surface area contributed by atoms with Crippen molar-refractivity contribution >= 4 is 11.8 Å². The van der Waals surface area contributed by atoms with Gasteiger partial charge in [-0.25, -0.2) is 4.98 Å². The number of fused-ring (bicyclic) bond motifs is 1. The summed E-state index contributed by atoms with van der Waals surface area (Å²) in [5.41, 5.74) is 4.41. The normalized spacial score (nSPS) is 20.3. The van der Waals surface area contributed by atoms with Crippen LogP contribution in [-0.2, 0) is 29.1 Å². The third-order valence-electron chi connectivity index (χ3n) is 5.44. The Kier molecular flexibility index (Phi) is 4.94. The van der Waals surface area contributed by atoms with Crippen LogP contribution in [0.1, 0.15) is 28.9 Å². The number of amides is 2. The Morgan fingerprint density at radius 1 is 1.26 bits per heavy atom. The van der Waals surface area contributed by atoms with Crippen LogP contribution in [-0.4, -0.2) is 57.3 Å². The van der Waals surface area contributed by atoms with Gasteiger partial charge in [-0.15, -0.1) is 0 Å². The molecule has 2 amide bonds. The van der Waals surface area contributed by atoms with Crippen molar-refractivity contribution in [3.8, 4) is 0 Å². The SMILES string of the molecule is Cc1ccc(CN2CCNC(=O)C2CC(=O)N2CCc3nc[nH]c3C2)cc1. The second-order valence-electron chi connectivity index (χ2n) is 7.36. The molecule has 2 N–H and O–H groups in total. The van der Waals surface area contributed by atoms with E-state index in [-0.39, 0.29) is 18.2 Å². The number of aromatic amines is 1. The van der Waals surface area contributed by atoms with Crippen LogP contribution in [0, 0.1) is 6.92 Å². The first-order chi connectivity index (χ1) is 13.1. The first kappa shape index (κ1) is 17.7. The van der Waals surface area contributed by atoms with Gasteiger partial charge in [0.1, 0.15) is 0 Å². The minimum absolute atomic E-state index is 0.0196. The zero-order valence-electron chi connectivity index (χ0n) is 15.6. The average Bonchev–Trinajstić information content (AvgIpc) is 3.14. The van der Waals surface area contributed by atoms with E-state index in [9.17, 15) is 9.59 Å². The average molecular weight is 367 g/mol. The molecule has 0 spiro atoms. The van der Waals surface area contributed by atoms with Crippen LogP contribution in [0.2, 0.25) is 0 Å². The van der Waals surface area contributed by atoms with Crippen molar-refractivity contribution in [2.24, 2.45) is 0 Å². The zero-order valence-corrected chi connectivity index (χ0v) is 15.6.